The standard InChI is InChI=1S/C46H30N4O3/c47-36-25-35-39(26-40(36)51-27-28-13-4-1-5-14-28)52-38-22-12-20-31(41(35)38)32-23-24-34(42-33-19-10-11-21-37(33)53-43(32)42)46-49-44(29-15-6-2-7-16-29)48-45(50-46)30-17-8-3-9-18-30/h1-26H,27,47H2. The summed E-state index contributed by atoms with van der Waals surface area (Å²) < 4.78 is 19.3. The van der Waals surface area contributed by atoms with Gasteiger partial charge < -0.3 is 19.3 Å². The molecule has 0 atom stereocenters. The third-order valence-corrected chi connectivity index (χ3v) is 9.62. The van der Waals surface area contributed by atoms with E-state index in [9.17, 15) is 0 Å². The van der Waals surface area contributed by atoms with E-state index >= 15 is 0 Å². The molecule has 0 fully saturated rings. The molecule has 0 saturated heterocycles. The van der Waals surface area contributed by atoms with E-state index in [-0.39, 0.29) is 0 Å². The highest BCUT2D eigenvalue weighted by Crippen LogP contribution is 2.45. The van der Waals surface area contributed by atoms with Crippen LogP contribution in [0.5, 0.6) is 5.75 Å². The zero-order valence-corrected chi connectivity index (χ0v) is 28.4. The van der Waals surface area contributed by atoms with Crippen LogP contribution in [0, 0.1) is 0 Å². The molecule has 3 heterocycles. The summed E-state index contributed by atoms with van der Waals surface area (Å²) >= 11 is 0. The monoisotopic (exact) mass is 686 g/mol. The van der Waals surface area contributed by atoms with Gasteiger partial charge >= 0.3 is 0 Å². The number of hydrogen-bond acceptors (Lipinski definition) is 7. The first-order valence-corrected chi connectivity index (χ1v) is 17.4. The Hall–Kier alpha value is -7.25. The number of benzene rings is 7. The van der Waals surface area contributed by atoms with Crippen molar-refractivity contribution in [1.29, 1.82) is 0 Å². The summed E-state index contributed by atoms with van der Waals surface area (Å²) in [5, 5.41) is 3.72. The van der Waals surface area contributed by atoms with Crippen molar-refractivity contribution in [2.45, 2.75) is 6.61 Å². The number of hydrogen-bond donors (Lipinski definition) is 1. The highest BCUT2D eigenvalue weighted by Gasteiger charge is 2.23. The summed E-state index contributed by atoms with van der Waals surface area (Å²) in [4.78, 5) is 15.1. The molecule has 0 radical (unpaired) electrons. The minimum atomic E-state index is 0.402. The molecule has 3 aromatic heterocycles. The summed E-state index contributed by atoms with van der Waals surface area (Å²) in [5.74, 6) is 2.33. The zero-order chi connectivity index (χ0) is 35.3. The third kappa shape index (κ3) is 5.34. The molecule has 0 amide bonds. The second kappa shape index (κ2) is 12.5. The number of nitrogens with two attached hydrogens (primary N) is 1. The van der Waals surface area contributed by atoms with Gasteiger partial charge in [-0.25, -0.2) is 15.0 Å². The first-order chi connectivity index (χ1) is 26.2. The van der Waals surface area contributed by atoms with E-state index in [0.717, 1.165) is 71.7 Å². The summed E-state index contributed by atoms with van der Waals surface area (Å²) in [5.41, 5.74) is 15.7. The number of nitrogens with zero attached hydrogens (tertiary/aromatic N) is 3. The number of furan rings is 2. The maximum Gasteiger partial charge on any atom is 0.164 e. The van der Waals surface area contributed by atoms with E-state index in [0.29, 0.717) is 41.1 Å². The molecule has 0 spiro atoms. The van der Waals surface area contributed by atoms with Crippen molar-refractivity contribution in [1.82, 2.24) is 15.0 Å². The maximum atomic E-state index is 6.74. The molecule has 0 aliphatic carbocycles. The molecule has 7 nitrogen and oxygen atoms in total. The molecular weight excluding hydrogens is 657 g/mol. The Labute approximate surface area is 304 Å². The van der Waals surface area contributed by atoms with Crippen LogP contribution >= 0.6 is 0 Å². The Morgan fingerprint density at radius 2 is 1.09 bits per heavy atom. The molecule has 252 valence electrons. The van der Waals surface area contributed by atoms with Crippen LogP contribution in [0.25, 0.3) is 89.2 Å². The van der Waals surface area contributed by atoms with E-state index in [1.54, 1.807) is 0 Å². The van der Waals surface area contributed by atoms with Crippen molar-refractivity contribution < 1.29 is 13.6 Å². The van der Waals surface area contributed by atoms with Gasteiger partial charge in [-0.05, 0) is 41.5 Å². The lowest BCUT2D eigenvalue weighted by Crippen LogP contribution is -2.00. The first kappa shape index (κ1) is 30.6. The predicted molar refractivity (Wildman–Crippen MR) is 211 cm³/mol. The van der Waals surface area contributed by atoms with Crippen molar-refractivity contribution in [3.05, 3.63) is 163 Å². The van der Waals surface area contributed by atoms with Gasteiger partial charge in [0.05, 0.1) is 5.69 Å². The second-order valence-corrected chi connectivity index (χ2v) is 12.9. The van der Waals surface area contributed by atoms with Gasteiger partial charge in [-0.15, -0.1) is 0 Å². The van der Waals surface area contributed by atoms with Crippen molar-refractivity contribution in [3.63, 3.8) is 0 Å². The van der Waals surface area contributed by atoms with E-state index in [4.69, 9.17) is 34.3 Å². The van der Waals surface area contributed by atoms with Crippen LogP contribution in [-0.4, -0.2) is 15.0 Å². The molecule has 0 bridgehead atoms. The van der Waals surface area contributed by atoms with Crippen LogP contribution in [0.3, 0.4) is 0 Å². The lowest BCUT2D eigenvalue weighted by Gasteiger charge is -2.11. The molecule has 0 aliphatic heterocycles. The van der Waals surface area contributed by atoms with Crippen molar-refractivity contribution >= 4 is 49.6 Å². The fourth-order valence-electron chi connectivity index (χ4n) is 7.11. The quantitative estimate of drug-likeness (QED) is 0.167. The van der Waals surface area contributed by atoms with Crippen molar-refractivity contribution in [2.75, 3.05) is 5.73 Å². The van der Waals surface area contributed by atoms with E-state index in [1.165, 1.54) is 0 Å². The van der Waals surface area contributed by atoms with Gasteiger partial charge in [-0.2, -0.15) is 0 Å². The normalized spacial score (nSPS) is 11.5. The Bertz CT molecular complexity index is 2900. The lowest BCUT2D eigenvalue weighted by atomic mass is 9.95. The van der Waals surface area contributed by atoms with Gasteiger partial charge in [-0.1, -0.05) is 121 Å². The Balaban J connectivity index is 1.17. The number of rotatable bonds is 7. The number of ether oxygens (including phenoxy) is 1. The van der Waals surface area contributed by atoms with Gasteiger partial charge in [0.25, 0.3) is 0 Å². The van der Waals surface area contributed by atoms with Crippen LogP contribution in [0.2, 0.25) is 0 Å². The second-order valence-electron chi connectivity index (χ2n) is 12.9. The molecule has 0 aliphatic rings. The van der Waals surface area contributed by atoms with Gasteiger partial charge in [-0.3, -0.25) is 0 Å². The molecule has 7 aromatic carbocycles. The van der Waals surface area contributed by atoms with Crippen LogP contribution < -0.4 is 10.5 Å². The molecule has 53 heavy (non-hydrogen) atoms. The molecular formula is C46H30N4O3. The number of para-hydroxylation sites is 1. The lowest BCUT2D eigenvalue weighted by molar-refractivity contribution is 0.308. The average molecular weight is 687 g/mol. The molecule has 0 unspecified atom stereocenters. The number of aromatic nitrogens is 3. The topological polar surface area (TPSA) is 100 Å². The van der Waals surface area contributed by atoms with Gasteiger partial charge in [0.15, 0.2) is 17.5 Å². The van der Waals surface area contributed by atoms with Crippen molar-refractivity contribution in [3.8, 4) is 51.0 Å². The van der Waals surface area contributed by atoms with Crippen LogP contribution in [0.1, 0.15) is 5.56 Å². The van der Waals surface area contributed by atoms with Gasteiger partial charge in [0.2, 0.25) is 0 Å². The van der Waals surface area contributed by atoms with E-state index < -0.39 is 0 Å². The zero-order valence-electron chi connectivity index (χ0n) is 28.4. The molecule has 7 heteroatoms. The van der Waals surface area contributed by atoms with Crippen LogP contribution in [-0.2, 0) is 6.61 Å². The molecule has 10 aromatic rings. The smallest absolute Gasteiger partial charge is 0.164 e. The number of fused-ring (bicyclic) bond motifs is 6. The largest absolute Gasteiger partial charge is 0.487 e. The Morgan fingerprint density at radius 1 is 0.472 bits per heavy atom. The number of anilines is 1. The average Bonchev–Trinajstić information content (AvgIpc) is 3.79. The third-order valence-electron chi connectivity index (χ3n) is 9.62. The maximum absolute atomic E-state index is 6.74. The Morgan fingerprint density at radius 3 is 1.83 bits per heavy atom. The van der Waals surface area contributed by atoms with E-state index in [1.807, 2.05) is 133 Å². The summed E-state index contributed by atoms with van der Waals surface area (Å²) in [6.07, 6.45) is 0. The minimum Gasteiger partial charge on any atom is -0.487 e. The SMILES string of the molecule is Nc1cc2c(cc1OCc1ccccc1)oc1cccc(-c3ccc(-c4nc(-c5ccccc5)nc(-c5ccccc5)n4)c4c3oc3ccccc34)c12. The Kier molecular flexibility index (Phi) is 7.21. The molecule has 2 N–H and O–H groups in total. The van der Waals surface area contributed by atoms with E-state index in [2.05, 4.69) is 24.3 Å². The first-order valence-electron chi connectivity index (χ1n) is 17.4. The van der Waals surface area contributed by atoms with Gasteiger partial charge in [0.1, 0.15) is 34.7 Å². The fourth-order valence-corrected chi connectivity index (χ4v) is 7.11. The summed E-state index contributed by atoms with van der Waals surface area (Å²) in [6.45, 7) is 0.402. The summed E-state index contributed by atoms with van der Waals surface area (Å²) in [7, 11) is 0. The highest BCUT2D eigenvalue weighted by molar-refractivity contribution is 6.20. The summed E-state index contributed by atoms with van der Waals surface area (Å²) in [6, 6.07) is 52.2. The van der Waals surface area contributed by atoms with Gasteiger partial charge in [0, 0.05) is 49.9 Å². The fraction of sp³-hybridized carbons (Fsp3) is 0.0217. The highest BCUT2D eigenvalue weighted by atomic mass is 16.5. The molecule has 10 rings (SSSR count). The number of nitrogen functional groups attached to an aromatic ring is 1. The predicted octanol–water partition coefficient (Wildman–Crippen LogP) is 11.5. The minimum absolute atomic E-state index is 0.402. The van der Waals surface area contributed by atoms with Crippen LogP contribution in [0.4, 0.5) is 5.69 Å². The van der Waals surface area contributed by atoms with Crippen molar-refractivity contribution in [2.24, 2.45) is 0 Å². The van der Waals surface area contributed by atoms with Crippen LogP contribution in [0.15, 0.2) is 167 Å². The molecule has 0 saturated carbocycles.